The Kier molecular flexibility index (Phi) is 5.05. The summed E-state index contributed by atoms with van der Waals surface area (Å²) < 4.78 is 0. The lowest BCUT2D eigenvalue weighted by molar-refractivity contribution is -0.125. The molecule has 0 bridgehead atoms. The van der Waals surface area contributed by atoms with Crippen molar-refractivity contribution in [3.63, 3.8) is 0 Å². The van der Waals surface area contributed by atoms with Gasteiger partial charge in [0.2, 0.25) is 5.91 Å². The maximum atomic E-state index is 11.3. The summed E-state index contributed by atoms with van der Waals surface area (Å²) in [5.41, 5.74) is 10.9. The van der Waals surface area contributed by atoms with Crippen LogP contribution in [0.3, 0.4) is 0 Å². The minimum atomic E-state index is -0.193. The van der Waals surface area contributed by atoms with E-state index in [0.29, 0.717) is 12.6 Å². The lowest BCUT2D eigenvalue weighted by Gasteiger charge is -2.41. The van der Waals surface area contributed by atoms with E-state index < -0.39 is 0 Å². The summed E-state index contributed by atoms with van der Waals surface area (Å²) in [6.07, 6.45) is 5.43. The molecule has 88 valence electrons. The van der Waals surface area contributed by atoms with E-state index in [1.807, 2.05) is 6.92 Å². The molecular weight excluding hydrogens is 190 g/mol. The number of hydrogen-bond acceptors (Lipinski definition) is 3. The fourth-order valence-corrected chi connectivity index (χ4v) is 2.18. The van der Waals surface area contributed by atoms with E-state index in [2.05, 4.69) is 4.90 Å². The Morgan fingerprint density at radius 1 is 1.53 bits per heavy atom. The van der Waals surface area contributed by atoms with Crippen molar-refractivity contribution in [2.75, 3.05) is 13.1 Å². The van der Waals surface area contributed by atoms with Gasteiger partial charge < -0.3 is 11.5 Å². The van der Waals surface area contributed by atoms with Crippen LogP contribution in [0.4, 0.5) is 0 Å². The number of nitrogens with zero attached hydrogens (tertiary/aromatic N) is 1. The van der Waals surface area contributed by atoms with E-state index >= 15 is 0 Å². The molecule has 0 aromatic heterocycles. The van der Waals surface area contributed by atoms with Gasteiger partial charge in [-0.25, -0.2) is 0 Å². The Bertz CT molecular complexity index is 204. The van der Waals surface area contributed by atoms with Gasteiger partial charge in [0.05, 0.1) is 6.04 Å². The normalized spacial score (nSPS) is 18.9. The molecule has 0 saturated heterocycles. The van der Waals surface area contributed by atoms with Gasteiger partial charge in [-0.05, 0) is 32.2 Å². The summed E-state index contributed by atoms with van der Waals surface area (Å²) in [4.78, 5) is 13.6. The first kappa shape index (κ1) is 12.5. The lowest BCUT2D eigenvalue weighted by Crippen LogP contribution is -2.52. The molecule has 0 heterocycles. The average Bonchev–Trinajstić information content (AvgIpc) is 2.11. The van der Waals surface area contributed by atoms with Crippen LogP contribution in [-0.2, 0) is 4.79 Å². The molecular formula is C11H23N3O. The van der Waals surface area contributed by atoms with E-state index in [9.17, 15) is 4.79 Å². The molecule has 1 unspecified atom stereocenters. The lowest BCUT2D eigenvalue weighted by atomic mass is 9.89. The second-order valence-electron chi connectivity index (χ2n) is 4.29. The number of carbonyl (C=O) groups excluding carboxylic acids is 1. The SMILES string of the molecule is CCC(C(N)=O)N(CCCN)C1CCC1. The predicted octanol–water partition coefficient (Wildman–Crippen LogP) is 0.454. The number of hydrogen-bond donors (Lipinski definition) is 2. The van der Waals surface area contributed by atoms with Gasteiger partial charge in [-0.1, -0.05) is 13.3 Å². The smallest absolute Gasteiger partial charge is 0.234 e. The molecule has 4 heteroatoms. The van der Waals surface area contributed by atoms with E-state index in [1.165, 1.54) is 19.3 Å². The second-order valence-corrected chi connectivity index (χ2v) is 4.29. The molecule has 4 nitrogen and oxygen atoms in total. The van der Waals surface area contributed by atoms with Crippen LogP contribution in [0.5, 0.6) is 0 Å². The molecule has 15 heavy (non-hydrogen) atoms. The van der Waals surface area contributed by atoms with Gasteiger partial charge in [0, 0.05) is 12.6 Å². The highest BCUT2D eigenvalue weighted by Crippen LogP contribution is 2.27. The highest BCUT2D eigenvalue weighted by Gasteiger charge is 2.31. The summed E-state index contributed by atoms with van der Waals surface area (Å²) in [6.45, 7) is 3.60. The van der Waals surface area contributed by atoms with Crippen LogP contribution in [0, 0.1) is 0 Å². The van der Waals surface area contributed by atoms with E-state index in [-0.39, 0.29) is 11.9 Å². The third-order valence-electron chi connectivity index (χ3n) is 3.28. The largest absolute Gasteiger partial charge is 0.368 e. The van der Waals surface area contributed by atoms with Crippen LogP contribution in [0.15, 0.2) is 0 Å². The number of carbonyl (C=O) groups is 1. The summed E-state index contributed by atoms with van der Waals surface area (Å²) >= 11 is 0. The molecule has 0 aliphatic heterocycles. The standard InChI is InChI=1S/C11H23N3O/c1-2-10(11(13)15)14(8-4-7-12)9-5-3-6-9/h9-10H,2-8,12H2,1H3,(H2,13,15). The minimum absolute atomic E-state index is 0.0955. The number of nitrogens with two attached hydrogens (primary N) is 2. The van der Waals surface area contributed by atoms with Gasteiger partial charge in [0.1, 0.15) is 0 Å². The van der Waals surface area contributed by atoms with Gasteiger partial charge in [-0.3, -0.25) is 9.69 Å². The predicted molar refractivity (Wildman–Crippen MR) is 61.3 cm³/mol. The third kappa shape index (κ3) is 3.18. The van der Waals surface area contributed by atoms with Crippen molar-refractivity contribution < 1.29 is 4.79 Å². The highest BCUT2D eigenvalue weighted by atomic mass is 16.1. The highest BCUT2D eigenvalue weighted by molar-refractivity contribution is 5.79. The Balaban J connectivity index is 2.55. The Morgan fingerprint density at radius 2 is 2.20 bits per heavy atom. The monoisotopic (exact) mass is 213 g/mol. The second kappa shape index (κ2) is 6.08. The molecule has 1 saturated carbocycles. The summed E-state index contributed by atoms with van der Waals surface area (Å²) in [7, 11) is 0. The van der Waals surface area contributed by atoms with Crippen LogP contribution < -0.4 is 11.5 Å². The van der Waals surface area contributed by atoms with E-state index in [4.69, 9.17) is 11.5 Å². The van der Waals surface area contributed by atoms with Crippen molar-refractivity contribution >= 4 is 5.91 Å². The number of primary amides is 1. The molecule has 1 fully saturated rings. The van der Waals surface area contributed by atoms with Crippen molar-refractivity contribution in [3.8, 4) is 0 Å². The molecule has 0 aromatic rings. The van der Waals surface area contributed by atoms with Crippen LogP contribution in [0.25, 0.3) is 0 Å². The first-order valence-electron chi connectivity index (χ1n) is 5.95. The zero-order valence-corrected chi connectivity index (χ0v) is 9.61. The zero-order chi connectivity index (χ0) is 11.3. The molecule has 0 radical (unpaired) electrons. The Hall–Kier alpha value is -0.610. The number of amides is 1. The van der Waals surface area contributed by atoms with Gasteiger partial charge in [0.25, 0.3) is 0 Å². The topological polar surface area (TPSA) is 72.4 Å². The zero-order valence-electron chi connectivity index (χ0n) is 9.61. The molecule has 1 rings (SSSR count). The van der Waals surface area contributed by atoms with Crippen molar-refractivity contribution in [1.82, 2.24) is 4.90 Å². The summed E-state index contributed by atoms with van der Waals surface area (Å²) in [5.74, 6) is -0.193. The maximum absolute atomic E-state index is 11.3. The number of rotatable bonds is 7. The van der Waals surface area contributed by atoms with E-state index in [0.717, 1.165) is 19.4 Å². The molecule has 1 aliphatic carbocycles. The molecule has 0 aromatic carbocycles. The first-order valence-corrected chi connectivity index (χ1v) is 5.95. The molecule has 1 atom stereocenters. The van der Waals surface area contributed by atoms with Crippen LogP contribution >= 0.6 is 0 Å². The third-order valence-corrected chi connectivity index (χ3v) is 3.28. The van der Waals surface area contributed by atoms with Crippen LogP contribution in [-0.4, -0.2) is 36.0 Å². The quantitative estimate of drug-likeness (QED) is 0.645. The van der Waals surface area contributed by atoms with Crippen molar-refractivity contribution in [2.24, 2.45) is 11.5 Å². The van der Waals surface area contributed by atoms with Crippen molar-refractivity contribution in [1.29, 1.82) is 0 Å². The van der Waals surface area contributed by atoms with Gasteiger partial charge in [0.15, 0.2) is 0 Å². The molecule has 1 aliphatic rings. The maximum Gasteiger partial charge on any atom is 0.234 e. The fourth-order valence-electron chi connectivity index (χ4n) is 2.18. The van der Waals surface area contributed by atoms with Crippen LogP contribution in [0.2, 0.25) is 0 Å². The average molecular weight is 213 g/mol. The van der Waals surface area contributed by atoms with Crippen molar-refractivity contribution in [2.45, 2.75) is 51.1 Å². The van der Waals surface area contributed by atoms with Crippen LogP contribution in [0.1, 0.15) is 39.0 Å². The fraction of sp³-hybridized carbons (Fsp3) is 0.909. The molecule has 4 N–H and O–H groups in total. The van der Waals surface area contributed by atoms with Crippen molar-refractivity contribution in [3.05, 3.63) is 0 Å². The van der Waals surface area contributed by atoms with E-state index in [1.54, 1.807) is 0 Å². The summed E-state index contributed by atoms with van der Waals surface area (Å²) in [5, 5.41) is 0. The Labute approximate surface area is 92.0 Å². The van der Waals surface area contributed by atoms with Gasteiger partial charge in [-0.15, -0.1) is 0 Å². The summed E-state index contributed by atoms with van der Waals surface area (Å²) in [6, 6.07) is 0.468. The van der Waals surface area contributed by atoms with Gasteiger partial charge in [-0.2, -0.15) is 0 Å². The minimum Gasteiger partial charge on any atom is -0.368 e. The molecule has 0 spiro atoms. The van der Waals surface area contributed by atoms with Gasteiger partial charge >= 0.3 is 0 Å². The first-order chi connectivity index (χ1) is 7.20. The molecule has 1 amide bonds. The Morgan fingerprint density at radius 3 is 2.53 bits per heavy atom.